The lowest BCUT2D eigenvalue weighted by Crippen LogP contribution is -2.14. The van der Waals surface area contributed by atoms with Gasteiger partial charge in [0.15, 0.2) is 5.78 Å². The molecule has 1 atom stereocenters. The van der Waals surface area contributed by atoms with E-state index in [9.17, 15) is 4.79 Å². The minimum Gasteiger partial charge on any atom is -0.330 e. The lowest BCUT2D eigenvalue weighted by atomic mass is 10.0. The molecule has 2 N–H and O–H groups in total. The van der Waals surface area contributed by atoms with Gasteiger partial charge in [-0.2, -0.15) is 0 Å². The predicted molar refractivity (Wildman–Crippen MR) is 56.5 cm³/mol. The summed E-state index contributed by atoms with van der Waals surface area (Å²) in [7, 11) is 0. The van der Waals surface area contributed by atoms with Crippen LogP contribution in [0.4, 0.5) is 0 Å². The van der Waals surface area contributed by atoms with Crippen LogP contribution in [-0.4, -0.2) is 12.3 Å². The Morgan fingerprint density at radius 1 is 1.69 bits per heavy atom. The summed E-state index contributed by atoms with van der Waals surface area (Å²) in [4.78, 5) is 12.4. The number of hydrogen-bond acceptors (Lipinski definition) is 3. The smallest absolute Gasteiger partial charge is 0.175 e. The summed E-state index contributed by atoms with van der Waals surface area (Å²) < 4.78 is 0.656. The largest absolute Gasteiger partial charge is 0.330 e. The Labute approximate surface area is 86.7 Å². The van der Waals surface area contributed by atoms with Gasteiger partial charge in [-0.05, 0) is 25.1 Å². The van der Waals surface area contributed by atoms with Crippen LogP contribution >= 0.6 is 22.9 Å². The highest BCUT2D eigenvalue weighted by atomic mass is 35.5. The van der Waals surface area contributed by atoms with E-state index in [1.54, 1.807) is 12.1 Å². The van der Waals surface area contributed by atoms with Gasteiger partial charge in [-0.15, -0.1) is 11.3 Å². The second kappa shape index (κ2) is 4.74. The third kappa shape index (κ3) is 2.79. The molecule has 0 saturated carbocycles. The normalized spacial score (nSPS) is 12.8. The van der Waals surface area contributed by atoms with Crippen LogP contribution in [0.25, 0.3) is 0 Å². The molecule has 2 nitrogen and oxygen atoms in total. The highest BCUT2D eigenvalue weighted by Crippen LogP contribution is 2.24. The molecule has 1 rings (SSSR count). The fraction of sp³-hybridized carbons (Fsp3) is 0.444. The van der Waals surface area contributed by atoms with Crippen molar-refractivity contribution in [2.24, 2.45) is 11.7 Å². The van der Waals surface area contributed by atoms with Gasteiger partial charge >= 0.3 is 0 Å². The maximum atomic E-state index is 11.6. The standard InChI is InChI=1S/C9H12ClNOS/c1-6(4-5-11)9(12)7-2-3-8(10)13-7/h2-3,6H,4-5,11H2,1H3. The van der Waals surface area contributed by atoms with Gasteiger partial charge in [0.05, 0.1) is 9.21 Å². The van der Waals surface area contributed by atoms with Crippen molar-refractivity contribution in [2.75, 3.05) is 6.54 Å². The quantitative estimate of drug-likeness (QED) is 0.788. The molecule has 0 spiro atoms. The highest BCUT2D eigenvalue weighted by Gasteiger charge is 2.15. The molecule has 0 bridgehead atoms. The van der Waals surface area contributed by atoms with Crippen molar-refractivity contribution in [1.29, 1.82) is 0 Å². The van der Waals surface area contributed by atoms with E-state index in [-0.39, 0.29) is 11.7 Å². The summed E-state index contributed by atoms with van der Waals surface area (Å²) in [5.41, 5.74) is 5.38. The molecule has 1 unspecified atom stereocenters. The number of Topliss-reactive ketones (excluding diaryl/α,β-unsaturated/α-hetero) is 1. The Morgan fingerprint density at radius 2 is 2.38 bits per heavy atom. The van der Waals surface area contributed by atoms with Crippen LogP contribution in [-0.2, 0) is 0 Å². The molecule has 0 fully saturated rings. The van der Waals surface area contributed by atoms with E-state index < -0.39 is 0 Å². The Balaban J connectivity index is 2.67. The fourth-order valence-electron chi connectivity index (χ4n) is 1.07. The van der Waals surface area contributed by atoms with Gasteiger partial charge in [0.1, 0.15) is 0 Å². The molecular formula is C9H12ClNOS. The maximum absolute atomic E-state index is 11.6. The van der Waals surface area contributed by atoms with Crippen molar-refractivity contribution < 1.29 is 4.79 Å². The minimum absolute atomic E-state index is 0.000262. The van der Waals surface area contributed by atoms with Gasteiger partial charge < -0.3 is 5.73 Å². The zero-order chi connectivity index (χ0) is 9.84. The Hall–Kier alpha value is -0.380. The molecule has 0 amide bonds. The van der Waals surface area contributed by atoms with Crippen LogP contribution in [0.1, 0.15) is 23.0 Å². The summed E-state index contributed by atoms with van der Waals surface area (Å²) in [6.07, 6.45) is 0.731. The van der Waals surface area contributed by atoms with E-state index in [4.69, 9.17) is 17.3 Å². The molecule has 0 aliphatic rings. The van der Waals surface area contributed by atoms with Gasteiger partial charge in [0.2, 0.25) is 0 Å². The lowest BCUT2D eigenvalue weighted by Gasteiger charge is -2.05. The molecule has 0 radical (unpaired) electrons. The van der Waals surface area contributed by atoms with Crippen LogP contribution in [0.15, 0.2) is 12.1 Å². The van der Waals surface area contributed by atoms with E-state index in [2.05, 4.69) is 0 Å². The summed E-state index contributed by atoms with van der Waals surface area (Å²) in [6.45, 7) is 2.44. The number of carbonyl (C=O) groups is 1. The molecule has 0 aromatic carbocycles. The summed E-state index contributed by atoms with van der Waals surface area (Å²) in [6, 6.07) is 3.51. The van der Waals surface area contributed by atoms with Crippen LogP contribution in [0.5, 0.6) is 0 Å². The van der Waals surface area contributed by atoms with E-state index in [1.165, 1.54) is 11.3 Å². The lowest BCUT2D eigenvalue weighted by molar-refractivity contribution is 0.0929. The van der Waals surface area contributed by atoms with E-state index >= 15 is 0 Å². The first kappa shape index (κ1) is 10.7. The first-order valence-corrected chi connectivity index (χ1v) is 5.34. The Morgan fingerprint density at radius 3 is 2.85 bits per heavy atom. The van der Waals surface area contributed by atoms with E-state index in [1.807, 2.05) is 6.92 Å². The molecular weight excluding hydrogens is 206 g/mol. The first-order chi connectivity index (χ1) is 6.15. The molecule has 72 valence electrons. The molecule has 0 aliphatic heterocycles. The van der Waals surface area contributed by atoms with Gasteiger partial charge in [0.25, 0.3) is 0 Å². The number of ketones is 1. The maximum Gasteiger partial charge on any atom is 0.175 e. The SMILES string of the molecule is CC(CCN)C(=O)c1ccc(Cl)s1. The van der Waals surface area contributed by atoms with Crippen molar-refractivity contribution >= 4 is 28.7 Å². The van der Waals surface area contributed by atoms with Crippen LogP contribution in [0.2, 0.25) is 4.34 Å². The summed E-state index contributed by atoms with van der Waals surface area (Å²) in [5, 5.41) is 0. The monoisotopic (exact) mass is 217 g/mol. The topological polar surface area (TPSA) is 43.1 Å². The number of hydrogen-bond donors (Lipinski definition) is 1. The van der Waals surface area contributed by atoms with Gasteiger partial charge in [-0.25, -0.2) is 0 Å². The molecule has 4 heteroatoms. The van der Waals surface area contributed by atoms with Gasteiger partial charge in [-0.1, -0.05) is 18.5 Å². The highest BCUT2D eigenvalue weighted by molar-refractivity contribution is 7.18. The molecule has 0 saturated heterocycles. The molecule has 1 aromatic heterocycles. The Bertz CT molecular complexity index is 298. The van der Waals surface area contributed by atoms with Crippen molar-refractivity contribution in [3.63, 3.8) is 0 Å². The van der Waals surface area contributed by atoms with Crippen molar-refractivity contribution in [3.8, 4) is 0 Å². The zero-order valence-corrected chi connectivity index (χ0v) is 8.99. The second-order valence-corrected chi connectivity index (χ2v) is 4.66. The second-order valence-electron chi connectivity index (χ2n) is 2.95. The average Bonchev–Trinajstić information content (AvgIpc) is 2.51. The predicted octanol–water partition coefficient (Wildman–Crippen LogP) is 2.57. The number of nitrogens with two attached hydrogens (primary N) is 1. The van der Waals surface area contributed by atoms with Crippen molar-refractivity contribution in [3.05, 3.63) is 21.3 Å². The van der Waals surface area contributed by atoms with Crippen LogP contribution < -0.4 is 5.73 Å². The number of carbonyl (C=O) groups excluding carboxylic acids is 1. The van der Waals surface area contributed by atoms with E-state index in [0.29, 0.717) is 10.9 Å². The number of halogens is 1. The van der Waals surface area contributed by atoms with Gasteiger partial charge in [-0.3, -0.25) is 4.79 Å². The third-order valence-electron chi connectivity index (χ3n) is 1.86. The minimum atomic E-state index is -0.000262. The molecule has 1 heterocycles. The molecule has 0 aliphatic carbocycles. The molecule has 1 aromatic rings. The van der Waals surface area contributed by atoms with Crippen molar-refractivity contribution in [2.45, 2.75) is 13.3 Å². The third-order valence-corrected chi connectivity index (χ3v) is 3.11. The fourth-order valence-corrected chi connectivity index (χ4v) is 2.17. The Kier molecular flexibility index (Phi) is 3.90. The number of rotatable bonds is 4. The first-order valence-electron chi connectivity index (χ1n) is 4.14. The molecule has 13 heavy (non-hydrogen) atoms. The van der Waals surface area contributed by atoms with Crippen LogP contribution in [0, 0.1) is 5.92 Å². The summed E-state index contributed by atoms with van der Waals surface area (Å²) >= 11 is 7.05. The average molecular weight is 218 g/mol. The van der Waals surface area contributed by atoms with Gasteiger partial charge in [0, 0.05) is 5.92 Å². The zero-order valence-electron chi connectivity index (χ0n) is 7.42. The van der Waals surface area contributed by atoms with E-state index in [0.717, 1.165) is 11.3 Å². The number of thiophene rings is 1. The van der Waals surface area contributed by atoms with Crippen LogP contribution in [0.3, 0.4) is 0 Å². The van der Waals surface area contributed by atoms with Crippen molar-refractivity contribution in [1.82, 2.24) is 0 Å². The summed E-state index contributed by atoms with van der Waals surface area (Å²) in [5.74, 6) is 0.141.